The van der Waals surface area contributed by atoms with E-state index in [0.717, 1.165) is 12.8 Å². The molecule has 3 nitrogen and oxygen atoms in total. The molecule has 1 aromatic rings. The molecule has 3 N–H and O–H groups in total. The van der Waals surface area contributed by atoms with Crippen LogP contribution in [-0.4, -0.2) is 11.9 Å². The summed E-state index contributed by atoms with van der Waals surface area (Å²) in [6, 6.07) is 4.61. The number of ether oxygens (including phenoxy) is 1. The average molecular weight is 264 g/mol. The van der Waals surface area contributed by atoms with E-state index in [1.165, 1.54) is 18.9 Å². The standard InChI is InChI=1S/C15H21FN2O/c1-10-3-2-4-13(7-10)19-9-12-6-5-11(15(17)18)8-14(12)16/h5-6,8,10,13H,2-4,7,9H2,1H3,(H3,17,18). The van der Waals surface area contributed by atoms with Gasteiger partial charge in [-0.2, -0.15) is 0 Å². The first-order chi connectivity index (χ1) is 9.06. The predicted molar refractivity (Wildman–Crippen MR) is 73.6 cm³/mol. The fourth-order valence-corrected chi connectivity index (χ4v) is 2.57. The molecule has 0 aliphatic heterocycles. The summed E-state index contributed by atoms with van der Waals surface area (Å²) in [7, 11) is 0. The molecule has 1 aromatic carbocycles. The first-order valence-corrected chi connectivity index (χ1v) is 6.80. The Kier molecular flexibility index (Phi) is 4.53. The second-order valence-electron chi connectivity index (χ2n) is 5.42. The summed E-state index contributed by atoms with van der Waals surface area (Å²) >= 11 is 0. The maximum absolute atomic E-state index is 13.8. The van der Waals surface area contributed by atoms with Crippen molar-refractivity contribution in [3.8, 4) is 0 Å². The highest BCUT2D eigenvalue weighted by Crippen LogP contribution is 2.26. The lowest BCUT2D eigenvalue weighted by Gasteiger charge is -2.26. The second-order valence-corrected chi connectivity index (χ2v) is 5.42. The number of rotatable bonds is 4. The maximum Gasteiger partial charge on any atom is 0.129 e. The van der Waals surface area contributed by atoms with Crippen molar-refractivity contribution in [2.75, 3.05) is 0 Å². The van der Waals surface area contributed by atoms with Gasteiger partial charge in [-0.15, -0.1) is 0 Å². The first-order valence-electron chi connectivity index (χ1n) is 6.80. The zero-order chi connectivity index (χ0) is 13.8. The molecule has 1 saturated carbocycles. The van der Waals surface area contributed by atoms with Crippen molar-refractivity contribution in [2.24, 2.45) is 11.7 Å². The highest BCUT2D eigenvalue weighted by atomic mass is 19.1. The minimum absolute atomic E-state index is 0.118. The van der Waals surface area contributed by atoms with E-state index in [0.29, 0.717) is 23.7 Å². The van der Waals surface area contributed by atoms with Crippen molar-refractivity contribution in [3.63, 3.8) is 0 Å². The fourth-order valence-electron chi connectivity index (χ4n) is 2.57. The number of amidine groups is 1. The number of halogens is 1. The number of benzene rings is 1. The van der Waals surface area contributed by atoms with Crippen LogP contribution in [0.3, 0.4) is 0 Å². The summed E-state index contributed by atoms with van der Waals surface area (Å²) in [6.07, 6.45) is 4.83. The molecular formula is C15H21FN2O. The molecule has 0 saturated heterocycles. The Morgan fingerprint density at radius 1 is 1.47 bits per heavy atom. The van der Waals surface area contributed by atoms with E-state index in [9.17, 15) is 4.39 Å². The molecule has 104 valence electrons. The van der Waals surface area contributed by atoms with Gasteiger partial charge in [0.1, 0.15) is 11.7 Å². The smallest absolute Gasteiger partial charge is 0.129 e. The third-order valence-electron chi connectivity index (χ3n) is 3.73. The van der Waals surface area contributed by atoms with Crippen LogP contribution in [0.5, 0.6) is 0 Å². The summed E-state index contributed by atoms with van der Waals surface area (Å²) in [5.74, 6) is 0.229. The van der Waals surface area contributed by atoms with Crippen LogP contribution in [0, 0.1) is 17.1 Å². The molecule has 2 rings (SSSR count). The van der Waals surface area contributed by atoms with Crippen molar-refractivity contribution in [3.05, 3.63) is 35.1 Å². The lowest BCUT2D eigenvalue weighted by Crippen LogP contribution is -2.21. The van der Waals surface area contributed by atoms with Gasteiger partial charge in [-0.05, 0) is 24.8 Å². The minimum Gasteiger partial charge on any atom is -0.384 e. The van der Waals surface area contributed by atoms with Gasteiger partial charge >= 0.3 is 0 Å². The second kappa shape index (κ2) is 6.15. The Bertz CT molecular complexity index is 461. The van der Waals surface area contributed by atoms with Crippen LogP contribution in [0.1, 0.15) is 43.7 Å². The van der Waals surface area contributed by atoms with Gasteiger partial charge in [0, 0.05) is 11.1 Å². The van der Waals surface area contributed by atoms with E-state index in [1.807, 2.05) is 0 Å². The Hall–Kier alpha value is -1.42. The molecule has 2 atom stereocenters. The summed E-state index contributed by atoms with van der Waals surface area (Å²) in [4.78, 5) is 0. The SMILES string of the molecule is CC1CCCC(OCc2ccc(C(=N)N)cc2F)C1. The van der Waals surface area contributed by atoms with E-state index in [-0.39, 0.29) is 17.8 Å². The molecule has 1 aliphatic carbocycles. The Labute approximate surface area is 113 Å². The van der Waals surface area contributed by atoms with E-state index in [2.05, 4.69) is 6.92 Å². The van der Waals surface area contributed by atoms with Gasteiger partial charge in [-0.25, -0.2) is 4.39 Å². The molecule has 1 fully saturated rings. The zero-order valence-electron chi connectivity index (χ0n) is 11.3. The van der Waals surface area contributed by atoms with Gasteiger partial charge in [0.2, 0.25) is 0 Å². The van der Waals surface area contributed by atoms with Gasteiger partial charge < -0.3 is 10.5 Å². The van der Waals surface area contributed by atoms with Crippen LogP contribution in [0.25, 0.3) is 0 Å². The normalized spacial score (nSPS) is 23.3. The molecule has 19 heavy (non-hydrogen) atoms. The predicted octanol–water partition coefficient (Wildman–Crippen LogP) is 3.21. The number of hydrogen-bond donors (Lipinski definition) is 2. The number of nitrogens with two attached hydrogens (primary N) is 1. The summed E-state index contributed by atoms with van der Waals surface area (Å²) in [5, 5.41) is 7.27. The highest BCUT2D eigenvalue weighted by Gasteiger charge is 2.19. The molecule has 0 spiro atoms. The molecule has 0 aromatic heterocycles. The summed E-state index contributed by atoms with van der Waals surface area (Å²) in [6.45, 7) is 2.53. The van der Waals surface area contributed by atoms with Crippen molar-refractivity contribution < 1.29 is 9.13 Å². The molecule has 2 unspecified atom stereocenters. The quantitative estimate of drug-likeness (QED) is 0.648. The topological polar surface area (TPSA) is 59.1 Å². The minimum atomic E-state index is -0.350. The summed E-state index contributed by atoms with van der Waals surface area (Å²) < 4.78 is 19.6. The van der Waals surface area contributed by atoms with Gasteiger partial charge in [0.25, 0.3) is 0 Å². The van der Waals surface area contributed by atoms with Gasteiger partial charge in [0.15, 0.2) is 0 Å². The Balaban J connectivity index is 1.94. The van der Waals surface area contributed by atoms with Gasteiger partial charge in [0.05, 0.1) is 12.7 Å². The van der Waals surface area contributed by atoms with Crippen LogP contribution in [0.4, 0.5) is 4.39 Å². The van der Waals surface area contributed by atoms with Crippen LogP contribution in [-0.2, 0) is 11.3 Å². The largest absolute Gasteiger partial charge is 0.384 e. The van der Waals surface area contributed by atoms with E-state index >= 15 is 0 Å². The number of nitrogen functional groups attached to an aromatic ring is 1. The maximum atomic E-state index is 13.8. The van der Waals surface area contributed by atoms with Gasteiger partial charge in [-0.3, -0.25) is 5.41 Å². The molecule has 1 aliphatic rings. The zero-order valence-corrected chi connectivity index (χ0v) is 11.3. The van der Waals surface area contributed by atoms with Crippen molar-refractivity contribution in [2.45, 2.75) is 45.3 Å². The molecule has 0 bridgehead atoms. The number of hydrogen-bond acceptors (Lipinski definition) is 2. The van der Waals surface area contributed by atoms with E-state index in [1.54, 1.807) is 12.1 Å². The van der Waals surface area contributed by atoms with Crippen LogP contribution >= 0.6 is 0 Å². The van der Waals surface area contributed by atoms with E-state index < -0.39 is 0 Å². The van der Waals surface area contributed by atoms with Gasteiger partial charge in [-0.1, -0.05) is 31.9 Å². The summed E-state index contributed by atoms with van der Waals surface area (Å²) in [5.41, 5.74) is 6.26. The Morgan fingerprint density at radius 2 is 2.26 bits per heavy atom. The highest BCUT2D eigenvalue weighted by molar-refractivity contribution is 5.94. The van der Waals surface area contributed by atoms with Crippen molar-refractivity contribution >= 4 is 5.84 Å². The average Bonchev–Trinajstić information content (AvgIpc) is 2.37. The third kappa shape index (κ3) is 3.77. The lowest BCUT2D eigenvalue weighted by molar-refractivity contribution is 0.00353. The molecule has 4 heteroatoms. The van der Waals surface area contributed by atoms with Crippen molar-refractivity contribution in [1.29, 1.82) is 5.41 Å². The third-order valence-corrected chi connectivity index (χ3v) is 3.73. The lowest BCUT2D eigenvalue weighted by atomic mass is 9.89. The number of nitrogens with one attached hydrogen (secondary N) is 1. The van der Waals surface area contributed by atoms with Crippen molar-refractivity contribution in [1.82, 2.24) is 0 Å². The Morgan fingerprint density at radius 3 is 2.89 bits per heavy atom. The molecular weight excluding hydrogens is 243 g/mol. The van der Waals surface area contributed by atoms with E-state index in [4.69, 9.17) is 15.9 Å². The monoisotopic (exact) mass is 264 g/mol. The molecule has 0 radical (unpaired) electrons. The van der Waals surface area contributed by atoms with Crippen LogP contribution < -0.4 is 5.73 Å². The fraction of sp³-hybridized carbons (Fsp3) is 0.533. The molecule has 0 amide bonds. The van der Waals surface area contributed by atoms with Crippen LogP contribution in [0.15, 0.2) is 18.2 Å². The van der Waals surface area contributed by atoms with Crippen LogP contribution in [0.2, 0.25) is 0 Å². The molecule has 0 heterocycles. The first kappa shape index (κ1) is 14.0.